The number of aromatic nitrogens is 1. The van der Waals surface area contributed by atoms with Crippen molar-refractivity contribution in [2.24, 2.45) is 0 Å². The Kier molecular flexibility index (Phi) is 4.23. The quantitative estimate of drug-likeness (QED) is 0.821. The van der Waals surface area contributed by atoms with Gasteiger partial charge in [-0.05, 0) is 28.9 Å². The molecule has 0 aliphatic rings. The van der Waals surface area contributed by atoms with Crippen molar-refractivity contribution < 1.29 is 0 Å². The van der Waals surface area contributed by atoms with Crippen LogP contribution in [-0.2, 0) is 6.54 Å². The molecule has 2 nitrogen and oxygen atoms in total. The Morgan fingerprint density at radius 1 is 1.71 bits per heavy atom. The minimum Gasteiger partial charge on any atom is -0.309 e. The Labute approximate surface area is 100 Å². The van der Waals surface area contributed by atoms with Gasteiger partial charge in [-0.2, -0.15) is 0 Å². The number of allylic oxidation sites excluding steroid dienone is 1. The molecule has 1 aromatic heterocycles. The smallest absolute Gasteiger partial charge is 0.253 e. The molecular formula is C9H8BrCl2NO. The lowest BCUT2D eigenvalue weighted by molar-refractivity contribution is 0.759. The second kappa shape index (κ2) is 5.01. The Morgan fingerprint density at radius 2 is 2.36 bits per heavy atom. The van der Waals surface area contributed by atoms with Crippen molar-refractivity contribution in [2.45, 2.75) is 13.5 Å². The topological polar surface area (TPSA) is 22.0 Å². The number of halogens is 3. The van der Waals surface area contributed by atoms with Crippen molar-refractivity contribution >= 4 is 39.1 Å². The molecule has 0 atom stereocenters. The summed E-state index contributed by atoms with van der Waals surface area (Å²) >= 11 is 14.4. The average Bonchev–Trinajstić information content (AvgIpc) is 2.13. The van der Waals surface area contributed by atoms with Crippen molar-refractivity contribution in [3.8, 4) is 0 Å². The number of rotatable bonds is 2. The summed E-state index contributed by atoms with van der Waals surface area (Å²) in [5, 5.41) is 0.422. The molecule has 0 N–H and O–H groups in total. The number of hydrogen-bond donors (Lipinski definition) is 0. The largest absolute Gasteiger partial charge is 0.309 e. The molecule has 0 bridgehead atoms. The van der Waals surface area contributed by atoms with Crippen molar-refractivity contribution in [3.63, 3.8) is 0 Å². The van der Waals surface area contributed by atoms with Gasteiger partial charge in [-0.25, -0.2) is 0 Å². The maximum absolute atomic E-state index is 11.6. The molecule has 0 saturated heterocycles. The van der Waals surface area contributed by atoms with Gasteiger partial charge in [0.25, 0.3) is 5.56 Å². The number of nitrogens with zero attached hydrogens (tertiary/aromatic N) is 1. The van der Waals surface area contributed by atoms with Gasteiger partial charge in [0.1, 0.15) is 0 Å². The first-order valence-corrected chi connectivity index (χ1v) is 5.46. The van der Waals surface area contributed by atoms with Crippen LogP contribution in [0.3, 0.4) is 0 Å². The van der Waals surface area contributed by atoms with E-state index in [4.69, 9.17) is 23.2 Å². The van der Waals surface area contributed by atoms with Crippen LogP contribution in [0.1, 0.15) is 5.56 Å². The van der Waals surface area contributed by atoms with E-state index in [1.54, 1.807) is 19.2 Å². The summed E-state index contributed by atoms with van der Waals surface area (Å²) in [6, 6.07) is 1.76. The first-order valence-electron chi connectivity index (χ1n) is 3.86. The third-order valence-corrected chi connectivity index (χ3v) is 2.71. The van der Waals surface area contributed by atoms with Gasteiger partial charge in [0.2, 0.25) is 0 Å². The molecule has 14 heavy (non-hydrogen) atoms. The second-order valence-corrected chi connectivity index (χ2v) is 4.45. The molecule has 0 unspecified atom stereocenters. The summed E-state index contributed by atoms with van der Waals surface area (Å²) in [5.41, 5.74) is 1.85. The van der Waals surface area contributed by atoms with Crippen LogP contribution in [0, 0.1) is 6.92 Å². The first-order chi connectivity index (χ1) is 6.54. The Morgan fingerprint density at radius 3 is 2.93 bits per heavy atom. The fourth-order valence-corrected chi connectivity index (χ4v) is 1.84. The van der Waals surface area contributed by atoms with E-state index in [1.165, 1.54) is 10.1 Å². The molecule has 0 aliphatic carbocycles. The van der Waals surface area contributed by atoms with Gasteiger partial charge in [0, 0.05) is 26.8 Å². The van der Waals surface area contributed by atoms with Gasteiger partial charge in [0.15, 0.2) is 0 Å². The number of aryl methyl sites for hydroxylation is 1. The second-order valence-electron chi connectivity index (χ2n) is 2.83. The van der Waals surface area contributed by atoms with Crippen LogP contribution in [0.4, 0.5) is 0 Å². The lowest BCUT2D eigenvalue weighted by Gasteiger charge is -2.06. The van der Waals surface area contributed by atoms with E-state index < -0.39 is 0 Å². The molecule has 0 aromatic carbocycles. The first kappa shape index (κ1) is 11.8. The van der Waals surface area contributed by atoms with Crippen LogP contribution in [0.2, 0.25) is 0 Å². The van der Waals surface area contributed by atoms with Gasteiger partial charge in [-0.3, -0.25) is 4.79 Å². The molecule has 76 valence electrons. The van der Waals surface area contributed by atoms with Crippen LogP contribution in [0.15, 0.2) is 32.1 Å². The van der Waals surface area contributed by atoms with E-state index in [-0.39, 0.29) is 5.56 Å². The van der Waals surface area contributed by atoms with E-state index in [0.717, 1.165) is 4.47 Å². The van der Waals surface area contributed by atoms with E-state index in [9.17, 15) is 4.79 Å². The third kappa shape index (κ3) is 2.87. The average molecular weight is 297 g/mol. The molecule has 0 aliphatic heterocycles. The monoisotopic (exact) mass is 295 g/mol. The zero-order chi connectivity index (χ0) is 10.7. The van der Waals surface area contributed by atoms with E-state index in [1.807, 2.05) is 0 Å². The zero-order valence-corrected chi connectivity index (χ0v) is 10.5. The van der Waals surface area contributed by atoms with Gasteiger partial charge < -0.3 is 4.57 Å². The maximum atomic E-state index is 11.6. The molecule has 0 radical (unpaired) electrons. The summed E-state index contributed by atoms with van der Waals surface area (Å²) in [5.74, 6) is 0. The minimum absolute atomic E-state index is 0.0649. The fraction of sp³-hybridized carbons (Fsp3) is 0.222. The van der Waals surface area contributed by atoms with Gasteiger partial charge in [-0.1, -0.05) is 23.2 Å². The van der Waals surface area contributed by atoms with E-state index in [2.05, 4.69) is 15.9 Å². The van der Waals surface area contributed by atoms with Crippen LogP contribution >= 0.6 is 39.1 Å². The van der Waals surface area contributed by atoms with Crippen molar-refractivity contribution in [1.82, 2.24) is 4.57 Å². The number of hydrogen-bond acceptors (Lipinski definition) is 1. The molecular weight excluding hydrogens is 289 g/mol. The highest BCUT2D eigenvalue weighted by molar-refractivity contribution is 9.10. The Bertz CT molecular complexity index is 425. The van der Waals surface area contributed by atoms with Gasteiger partial charge >= 0.3 is 0 Å². The number of pyridine rings is 1. The lowest BCUT2D eigenvalue weighted by Crippen LogP contribution is -2.21. The summed E-state index contributed by atoms with van der Waals surface area (Å²) in [6.07, 6.45) is 1.68. The van der Waals surface area contributed by atoms with Crippen molar-refractivity contribution in [2.75, 3.05) is 0 Å². The van der Waals surface area contributed by atoms with Crippen LogP contribution < -0.4 is 5.56 Å². The summed E-state index contributed by atoms with van der Waals surface area (Å²) in [4.78, 5) is 11.6. The third-order valence-electron chi connectivity index (χ3n) is 1.67. The van der Waals surface area contributed by atoms with Gasteiger partial charge in [-0.15, -0.1) is 0 Å². The summed E-state index contributed by atoms with van der Waals surface area (Å²) in [6.45, 7) is 2.05. The standard InChI is InChI=1S/C9H8BrCl2NO/c1-6-2-7(10)4-13(9(6)14)5-8(12)3-11/h2-4H,5H2,1H3/b8-3-. The minimum atomic E-state index is -0.0649. The molecule has 0 fully saturated rings. The lowest BCUT2D eigenvalue weighted by atomic mass is 10.3. The predicted molar refractivity (Wildman–Crippen MR) is 62.9 cm³/mol. The normalized spacial score (nSPS) is 11.9. The van der Waals surface area contributed by atoms with Crippen molar-refractivity contribution in [1.29, 1.82) is 0 Å². The molecule has 1 aromatic rings. The van der Waals surface area contributed by atoms with Crippen LogP contribution in [0.25, 0.3) is 0 Å². The molecule has 1 heterocycles. The molecule has 0 amide bonds. The SMILES string of the molecule is Cc1cc(Br)cn(C/C(Cl)=C/Cl)c1=O. The summed E-state index contributed by atoms with van der Waals surface area (Å²) < 4.78 is 2.34. The van der Waals surface area contributed by atoms with Gasteiger partial charge in [0.05, 0.1) is 6.54 Å². The molecule has 0 saturated carbocycles. The zero-order valence-electron chi connectivity index (χ0n) is 7.43. The van der Waals surface area contributed by atoms with E-state index >= 15 is 0 Å². The highest BCUT2D eigenvalue weighted by atomic mass is 79.9. The van der Waals surface area contributed by atoms with Crippen LogP contribution in [-0.4, -0.2) is 4.57 Å². The Hall–Kier alpha value is -0.250. The highest BCUT2D eigenvalue weighted by Crippen LogP contribution is 2.11. The van der Waals surface area contributed by atoms with Crippen molar-refractivity contribution in [3.05, 3.63) is 43.2 Å². The predicted octanol–water partition coefficient (Wildman–Crippen LogP) is 3.24. The highest BCUT2D eigenvalue weighted by Gasteiger charge is 2.02. The maximum Gasteiger partial charge on any atom is 0.253 e. The fourth-order valence-electron chi connectivity index (χ4n) is 1.05. The molecule has 0 spiro atoms. The van der Waals surface area contributed by atoms with E-state index in [0.29, 0.717) is 17.1 Å². The summed E-state index contributed by atoms with van der Waals surface area (Å²) in [7, 11) is 0. The van der Waals surface area contributed by atoms with Crippen LogP contribution in [0.5, 0.6) is 0 Å². The molecule has 5 heteroatoms. The molecule has 1 rings (SSSR count). The Balaban J connectivity index is 3.15.